The summed E-state index contributed by atoms with van der Waals surface area (Å²) in [6, 6.07) is 0. The van der Waals surface area contributed by atoms with Crippen LogP contribution in [0.2, 0.25) is 0 Å². The Kier molecular flexibility index (Phi) is 3.39. The summed E-state index contributed by atoms with van der Waals surface area (Å²) >= 11 is 0. The second-order valence-electron chi connectivity index (χ2n) is 6.16. The van der Waals surface area contributed by atoms with Crippen LogP contribution in [0.4, 0.5) is 0 Å². The third-order valence-electron chi connectivity index (χ3n) is 4.94. The molecule has 0 aromatic rings. The number of ether oxygens (including phenoxy) is 1. The highest BCUT2D eigenvalue weighted by molar-refractivity contribution is 5.83. The molecule has 2 saturated carbocycles. The molecule has 0 aromatic carbocycles. The quantitative estimate of drug-likeness (QED) is 0.784. The van der Waals surface area contributed by atoms with Crippen LogP contribution in [0.5, 0.6) is 0 Å². The molecule has 2 aliphatic rings. The van der Waals surface area contributed by atoms with Crippen LogP contribution in [0.15, 0.2) is 0 Å². The number of hydrogen-bond acceptors (Lipinski definition) is 3. The largest absolute Gasteiger partial charge is 0.481 e. The zero-order chi connectivity index (χ0) is 13.6. The Balaban J connectivity index is 2.23. The van der Waals surface area contributed by atoms with Gasteiger partial charge in [-0.25, -0.2) is 0 Å². The van der Waals surface area contributed by atoms with Crippen molar-refractivity contribution in [1.29, 1.82) is 0 Å². The Bertz CT molecular complexity index is 363. The number of fused-ring (bicyclic) bond motifs is 2. The van der Waals surface area contributed by atoms with Gasteiger partial charge in [-0.15, -0.1) is 0 Å². The molecular weight excluding hydrogens is 232 g/mol. The van der Waals surface area contributed by atoms with Gasteiger partial charge in [0.15, 0.2) is 0 Å². The summed E-state index contributed by atoms with van der Waals surface area (Å²) in [7, 11) is 0. The molecule has 2 fully saturated rings. The third-order valence-corrected chi connectivity index (χ3v) is 4.94. The van der Waals surface area contributed by atoms with Gasteiger partial charge in [0.25, 0.3) is 0 Å². The first kappa shape index (κ1) is 13.4. The van der Waals surface area contributed by atoms with Crippen molar-refractivity contribution >= 4 is 11.9 Å². The van der Waals surface area contributed by atoms with Crippen LogP contribution in [-0.2, 0) is 14.3 Å². The predicted molar refractivity (Wildman–Crippen MR) is 65.8 cm³/mol. The average Bonchev–Trinajstić information content (AvgIpc) is 2.76. The minimum Gasteiger partial charge on any atom is -0.481 e. The van der Waals surface area contributed by atoms with Crippen LogP contribution in [-0.4, -0.2) is 23.1 Å². The number of hydrogen-bond donors (Lipinski definition) is 1. The van der Waals surface area contributed by atoms with Crippen LogP contribution < -0.4 is 0 Å². The number of carbonyl (C=O) groups excluding carboxylic acids is 1. The highest BCUT2D eigenvalue weighted by Crippen LogP contribution is 2.58. The van der Waals surface area contributed by atoms with Crippen LogP contribution in [0.3, 0.4) is 0 Å². The number of rotatable bonds is 3. The van der Waals surface area contributed by atoms with E-state index in [9.17, 15) is 14.7 Å². The van der Waals surface area contributed by atoms with E-state index in [4.69, 9.17) is 4.74 Å². The van der Waals surface area contributed by atoms with Crippen molar-refractivity contribution < 1.29 is 19.4 Å². The summed E-state index contributed by atoms with van der Waals surface area (Å²) in [5.74, 6) is -1.04. The topological polar surface area (TPSA) is 63.6 Å². The normalized spacial score (nSPS) is 42.3. The summed E-state index contributed by atoms with van der Waals surface area (Å²) in [5.41, 5.74) is 0. The van der Waals surface area contributed by atoms with E-state index in [-0.39, 0.29) is 23.9 Å². The molecule has 0 spiro atoms. The summed E-state index contributed by atoms with van der Waals surface area (Å²) < 4.78 is 5.25. The number of carboxylic acids is 1. The van der Waals surface area contributed by atoms with Crippen molar-refractivity contribution in [1.82, 2.24) is 0 Å². The standard InChI is InChI=1S/C14H22O4/c1-6(2)18-14(17)12-10-5-9(7(3)8(10)4)11(12)13(15)16/h6-12H,5H2,1-4H3,(H,15,16). The molecule has 4 heteroatoms. The second-order valence-corrected chi connectivity index (χ2v) is 6.16. The molecule has 2 aliphatic carbocycles. The van der Waals surface area contributed by atoms with Crippen molar-refractivity contribution in [2.75, 3.05) is 0 Å². The molecule has 2 rings (SSSR count). The van der Waals surface area contributed by atoms with Crippen LogP contribution in [0, 0.1) is 35.5 Å². The molecule has 2 bridgehead atoms. The van der Waals surface area contributed by atoms with E-state index in [1.807, 2.05) is 0 Å². The lowest BCUT2D eigenvalue weighted by Gasteiger charge is -2.35. The van der Waals surface area contributed by atoms with Gasteiger partial charge in [-0.2, -0.15) is 0 Å². The maximum absolute atomic E-state index is 12.1. The lowest BCUT2D eigenvalue weighted by molar-refractivity contribution is -0.165. The Hall–Kier alpha value is -1.06. The molecule has 102 valence electrons. The van der Waals surface area contributed by atoms with Gasteiger partial charge in [-0.05, 0) is 43.9 Å². The molecule has 6 unspecified atom stereocenters. The first-order valence-corrected chi connectivity index (χ1v) is 6.77. The summed E-state index contributed by atoms with van der Waals surface area (Å²) in [6.07, 6.45) is 0.677. The number of carbonyl (C=O) groups is 2. The Morgan fingerprint density at radius 2 is 1.61 bits per heavy atom. The maximum atomic E-state index is 12.1. The van der Waals surface area contributed by atoms with E-state index in [0.29, 0.717) is 11.8 Å². The van der Waals surface area contributed by atoms with Gasteiger partial charge in [-0.1, -0.05) is 13.8 Å². The molecule has 1 N–H and O–H groups in total. The number of carboxylic acid groups (broad SMARTS) is 1. The fraction of sp³-hybridized carbons (Fsp3) is 0.857. The van der Waals surface area contributed by atoms with E-state index >= 15 is 0 Å². The molecule has 18 heavy (non-hydrogen) atoms. The Morgan fingerprint density at radius 1 is 1.11 bits per heavy atom. The summed E-state index contributed by atoms with van der Waals surface area (Å²) in [4.78, 5) is 23.6. The lowest BCUT2D eigenvalue weighted by Crippen LogP contribution is -2.42. The third kappa shape index (κ3) is 1.91. The van der Waals surface area contributed by atoms with Gasteiger partial charge in [0, 0.05) is 0 Å². The second kappa shape index (κ2) is 4.56. The van der Waals surface area contributed by atoms with Crippen molar-refractivity contribution in [3.05, 3.63) is 0 Å². The molecule has 6 atom stereocenters. The number of aliphatic carboxylic acids is 1. The Labute approximate surface area is 108 Å². The zero-order valence-corrected chi connectivity index (χ0v) is 11.4. The smallest absolute Gasteiger partial charge is 0.310 e. The van der Waals surface area contributed by atoms with Gasteiger partial charge >= 0.3 is 11.9 Å². The van der Waals surface area contributed by atoms with Crippen LogP contribution in [0.25, 0.3) is 0 Å². The van der Waals surface area contributed by atoms with Crippen LogP contribution in [0.1, 0.15) is 34.1 Å². The molecule has 0 heterocycles. The van der Waals surface area contributed by atoms with Crippen molar-refractivity contribution in [2.24, 2.45) is 35.5 Å². The minimum atomic E-state index is -0.841. The molecule has 4 nitrogen and oxygen atoms in total. The maximum Gasteiger partial charge on any atom is 0.310 e. The van der Waals surface area contributed by atoms with Crippen molar-refractivity contribution in [2.45, 2.75) is 40.2 Å². The highest BCUT2D eigenvalue weighted by Gasteiger charge is 2.60. The molecule has 0 aromatic heterocycles. The van der Waals surface area contributed by atoms with E-state index in [1.54, 1.807) is 13.8 Å². The lowest BCUT2D eigenvalue weighted by atomic mass is 9.69. The summed E-state index contributed by atoms with van der Waals surface area (Å²) in [6.45, 7) is 7.83. The van der Waals surface area contributed by atoms with Crippen molar-refractivity contribution in [3.63, 3.8) is 0 Å². The molecule has 0 saturated heterocycles. The Morgan fingerprint density at radius 3 is 2.06 bits per heavy atom. The molecular formula is C14H22O4. The first-order chi connectivity index (χ1) is 8.34. The van der Waals surface area contributed by atoms with Crippen LogP contribution >= 0.6 is 0 Å². The van der Waals surface area contributed by atoms with E-state index in [1.165, 1.54) is 0 Å². The van der Waals surface area contributed by atoms with E-state index in [2.05, 4.69) is 13.8 Å². The number of esters is 1. The van der Waals surface area contributed by atoms with Gasteiger partial charge < -0.3 is 9.84 Å². The molecule has 0 radical (unpaired) electrons. The zero-order valence-electron chi connectivity index (χ0n) is 11.4. The molecule has 0 aliphatic heterocycles. The highest BCUT2D eigenvalue weighted by atomic mass is 16.5. The first-order valence-electron chi connectivity index (χ1n) is 6.77. The predicted octanol–water partition coefficient (Wildman–Crippen LogP) is 2.18. The van der Waals surface area contributed by atoms with Crippen molar-refractivity contribution in [3.8, 4) is 0 Å². The van der Waals surface area contributed by atoms with Gasteiger partial charge in [0.2, 0.25) is 0 Å². The van der Waals surface area contributed by atoms with Gasteiger partial charge in [0.05, 0.1) is 17.9 Å². The van der Waals surface area contributed by atoms with Gasteiger partial charge in [0.1, 0.15) is 0 Å². The SMILES string of the molecule is CC(C)OC(=O)C1C2CC(C(C)C2C)C1C(=O)O. The average molecular weight is 254 g/mol. The van der Waals surface area contributed by atoms with Gasteiger partial charge in [-0.3, -0.25) is 9.59 Å². The van der Waals surface area contributed by atoms with E-state index < -0.39 is 17.8 Å². The minimum absolute atomic E-state index is 0.132. The fourth-order valence-corrected chi connectivity index (χ4v) is 3.97. The fourth-order valence-electron chi connectivity index (χ4n) is 3.97. The monoisotopic (exact) mass is 254 g/mol. The summed E-state index contributed by atoms with van der Waals surface area (Å²) in [5, 5.41) is 9.39. The molecule has 0 amide bonds. The van der Waals surface area contributed by atoms with E-state index in [0.717, 1.165) is 6.42 Å².